The fourth-order valence-corrected chi connectivity index (χ4v) is 5.03. The van der Waals surface area contributed by atoms with Crippen LogP contribution in [0.4, 0.5) is 8.78 Å². The predicted octanol–water partition coefficient (Wildman–Crippen LogP) is 4.49. The van der Waals surface area contributed by atoms with Crippen LogP contribution in [-0.4, -0.2) is 60.7 Å². The van der Waals surface area contributed by atoms with Crippen molar-refractivity contribution in [3.8, 4) is 11.5 Å². The summed E-state index contributed by atoms with van der Waals surface area (Å²) in [4.78, 5) is 14.9. The Balaban J connectivity index is 1.28. The maximum absolute atomic E-state index is 15.0. The summed E-state index contributed by atoms with van der Waals surface area (Å²) in [6, 6.07) is 17.5. The number of halogens is 2. The molecule has 2 aliphatic rings. The molecule has 196 valence electrons. The monoisotopic (exact) mass is 510 g/mol. The molecule has 0 aliphatic carbocycles. The minimum Gasteiger partial charge on any atom is -0.486 e. The number of hydrogen-bond donors (Lipinski definition) is 2. The lowest BCUT2D eigenvalue weighted by molar-refractivity contribution is -0.148. The van der Waals surface area contributed by atoms with Gasteiger partial charge in [-0.05, 0) is 66.4 Å². The number of fused-ring (bicyclic) bond motifs is 2. The van der Waals surface area contributed by atoms with E-state index < -0.39 is 30.4 Å². The maximum atomic E-state index is 15.0. The molecular formula is C29H32F2N2O4. The second kappa shape index (κ2) is 11.0. The molecule has 5 rings (SSSR count). The smallest absolute Gasteiger partial charge is 0.324 e. The molecule has 2 atom stereocenters. The van der Waals surface area contributed by atoms with Gasteiger partial charge in [-0.15, -0.1) is 0 Å². The summed E-state index contributed by atoms with van der Waals surface area (Å²) in [6.45, 7) is 2.72. The number of aryl methyl sites for hydroxylation is 1. The van der Waals surface area contributed by atoms with Crippen LogP contribution in [0.1, 0.15) is 36.5 Å². The van der Waals surface area contributed by atoms with Crippen LogP contribution in [0.2, 0.25) is 0 Å². The SMILES string of the molecule is O=C(N[C@H](CN1CCCC1)[C@@H](O)c1ccc2c(c1)OCCO2)C(F)(F)CCc1ccc2ccccc2c1. The van der Waals surface area contributed by atoms with Gasteiger partial charge in [0.2, 0.25) is 0 Å². The van der Waals surface area contributed by atoms with E-state index in [-0.39, 0.29) is 13.0 Å². The van der Waals surface area contributed by atoms with Gasteiger partial charge in [0.15, 0.2) is 11.5 Å². The fourth-order valence-electron chi connectivity index (χ4n) is 5.03. The van der Waals surface area contributed by atoms with Crippen LogP contribution in [0, 0.1) is 0 Å². The number of aliphatic hydroxyl groups excluding tert-OH is 1. The summed E-state index contributed by atoms with van der Waals surface area (Å²) in [5.74, 6) is -3.88. The molecule has 2 N–H and O–H groups in total. The van der Waals surface area contributed by atoms with Crippen molar-refractivity contribution in [2.45, 2.75) is 43.8 Å². The molecule has 0 aromatic heterocycles. The molecule has 37 heavy (non-hydrogen) atoms. The van der Waals surface area contributed by atoms with Crippen LogP contribution in [0.5, 0.6) is 11.5 Å². The Labute approximate surface area is 215 Å². The van der Waals surface area contributed by atoms with Gasteiger partial charge in [0.05, 0.1) is 6.04 Å². The Morgan fingerprint density at radius 1 is 0.973 bits per heavy atom. The molecule has 6 nitrogen and oxygen atoms in total. The van der Waals surface area contributed by atoms with E-state index in [0.29, 0.717) is 30.3 Å². The zero-order valence-corrected chi connectivity index (χ0v) is 20.7. The number of amides is 1. The molecule has 8 heteroatoms. The van der Waals surface area contributed by atoms with Crippen LogP contribution >= 0.6 is 0 Å². The number of nitrogens with zero attached hydrogens (tertiary/aromatic N) is 1. The van der Waals surface area contributed by atoms with E-state index in [1.807, 2.05) is 42.5 Å². The third kappa shape index (κ3) is 6.02. The molecule has 3 aromatic rings. The zero-order valence-electron chi connectivity index (χ0n) is 20.7. The van der Waals surface area contributed by atoms with E-state index in [2.05, 4.69) is 10.2 Å². The molecular weight excluding hydrogens is 478 g/mol. The van der Waals surface area contributed by atoms with E-state index in [4.69, 9.17) is 9.47 Å². The molecule has 3 aromatic carbocycles. The third-order valence-electron chi connectivity index (χ3n) is 7.13. The average molecular weight is 511 g/mol. The number of aliphatic hydroxyl groups is 1. The number of carbonyl (C=O) groups excluding carboxylic acids is 1. The standard InChI is InChI=1S/C29H32F2N2O4/c30-29(31,12-11-20-7-8-21-5-1-2-6-22(21)17-20)28(35)32-24(19-33-13-3-4-14-33)27(34)23-9-10-25-26(18-23)37-16-15-36-25/h1-2,5-10,17-18,24,27,34H,3-4,11-16,19H2,(H,32,35)/t24-,27+/m1/s1. The van der Waals surface area contributed by atoms with Gasteiger partial charge in [0, 0.05) is 13.0 Å². The van der Waals surface area contributed by atoms with E-state index in [1.165, 1.54) is 0 Å². The van der Waals surface area contributed by atoms with Crippen molar-refractivity contribution in [2.75, 3.05) is 32.8 Å². The van der Waals surface area contributed by atoms with E-state index >= 15 is 8.78 Å². The molecule has 2 heterocycles. The first kappa shape index (κ1) is 25.4. The lowest BCUT2D eigenvalue weighted by Gasteiger charge is -2.30. The van der Waals surface area contributed by atoms with Crippen molar-refractivity contribution >= 4 is 16.7 Å². The number of alkyl halides is 2. The minimum absolute atomic E-state index is 0.0623. The Kier molecular flexibility index (Phi) is 7.58. The number of hydrogen-bond acceptors (Lipinski definition) is 5. The number of benzene rings is 3. The highest BCUT2D eigenvalue weighted by atomic mass is 19.3. The van der Waals surface area contributed by atoms with Gasteiger partial charge in [0.1, 0.15) is 19.3 Å². The largest absolute Gasteiger partial charge is 0.486 e. The van der Waals surface area contributed by atoms with Gasteiger partial charge in [-0.1, -0.05) is 48.5 Å². The molecule has 0 saturated carbocycles. The number of rotatable bonds is 9. The van der Waals surface area contributed by atoms with Gasteiger partial charge in [-0.2, -0.15) is 8.78 Å². The number of likely N-dealkylation sites (tertiary alicyclic amines) is 1. The molecule has 1 saturated heterocycles. The fraction of sp³-hybridized carbons (Fsp3) is 0.414. The molecule has 0 unspecified atom stereocenters. The van der Waals surface area contributed by atoms with Crippen molar-refractivity contribution in [3.05, 3.63) is 71.8 Å². The van der Waals surface area contributed by atoms with Crippen molar-refractivity contribution in [1.29, 1.82) is 0 Å². The molecule has 0 radical (unpaired) electrons. The van der Waals surface area contributed by atoms with Crippen LogP contribution in [0.15, 0.2) is 60.7 Å². The van der Waals surface area contributed by atoms with Crippen molar-refractivity contribution < 1.29 is 28.2 Å². The molecule has 1 amide bonds. The van der Waals surface area contributed by atoms with Crippen molar-refractivity contribution in [2.24, 2.45) is 0 Å². The predicted molar refractivity (Wildman–Crippen MR) is 137 cm³/mol. The van der Waals surface area contributed by atoms with Gasteiger partial charge < -0.3 is 24.8 Å². The second-order valence-electron chi connectivity index (χ2n) is 9.82. The van der Waals surface area contributed by atoms with Gasteiger partial charge in [-0.25, -0.2) is 0 Å². The lowest BCUT2D eigenvalue weighted by atomic mass is 9.99. The quantitative estimate of drug-likeness (QED) is 0.444. The van der Waals surface area contributed by atoms with Crippen LogP contribution in [0.25, 0.3) is 10.8 Å². The number of ether oxygens (including phenoxy) is 2. The first-order chi connectivity index (χ1) is 17.9. The van der Waals surface area contributed by atoms with Gasteiger partial charge >= 0.3 is 5.92 Å². The van der Waals surface area contributed by atoms with E-state index in [0.717, 1.165) is 42.3 Å². The van der Waals surface area contributed by atoms with E-state index in [9.17, 15) is 9.90 Å². The Morgan fingerprint density at radius 2 is 1.70 bits per heavy atom. The Bertz CT molecular complexity index is 1250. The molecule has 0 spiro atoms. The normalized spacial score (nSPS) is 17.5. The summed E-state index contributed by atoms with van der Waals surface area (Å²) in [7, 11) is 0. The first-order valence-electron chi connectivity index (χ1n) is 12.9. The Hall–Kier alpha value is -3.23. The second-order valence-corrected chi connectivity index (χ2v) is 9.82. The molecule has 1 fully saturated rings. The average Bonchev–Trinajstić information content (AvgIpc) is 3.44. The highest BCUT2D eigenvalue weighted by molar-refractivity contribution is 5.84. The minimum atomic E-state index is -3.58. The number of carbonyl (C=O) groups is 1. The lowest BCUT2D eigenvalue weighted by Crippen LogP contribution is -2.51. The third-order valence-corrected chi connectivity index (χ3v) is 7.13. The molecule has 2 aliphatic heterocycles. The molecule has 0 bridgehead atoms. The van der Waals surface area contributed by atoms with Gasteiger partial charge in [0.25, 0.3) is 5.91 Å². The van der Waals surface area contributed by atoms with Crippen molar-refractivity contribution in [1.82, 2.24) is 10.2 Å². The summed E-state index contributed by atoms with van der Waals surface area (Å²) in [5, 5.41) is 15.7. The van der Waals surface area contributed by atoms with E-state index in [1.54, 1.807) is 18.2 Å². The topological polar surface area (TPSA) is 71.0 Å². The summed E-state index contributed by atoms with van der Waals surface area (Å²) < 4.78 is 41.2. The van der Waals surface area contributed by atoms with Crippen molar-refractivity contribution in [3.63, 3.8) is 0 Å². The van der Waals surface area contributed by atoms with Gasteiger partial charge in [-0.3, -0.25) is 4.79 Å². The summed E-state index contributed by atoms with van der Waals surface area (Å²) in [5.41, 5.74) is 1.23. The summed E-state index contributed by atoms with van der Waals surface area (Å²) in [6.07, 6.45) is 0.267. The van der Waals surface area contributed by atoms with Crippen LogP contribution in [-0.2, 0) is 11.2 Å². The Morgan fingerprint density at radius 3 is 2.49 bits per heavy atom. The number of nitrogens with one attached hydrogen (secondary N) is 1. The summed E-state index contributed by atoms with van der Waals surface area (Å²) >= 11 is 0. The van der Waals surface area contributed by atoms with Crippen LogP contribution < -0.4 is 14.8 Å². The highest BCUT2D eigenvalue weighted by Crippen LogP contribution is 2.34. The zero-order chi connectivity index (χ0) is 25.8. The maximum Gasteiger partial charge on any atom is 0.324 e. The van der Waals surface area contributed by atoms with Crippen LogP contribution in [0.3, 0.4) is 0 Å². The highest BCUT2D eigenvalue weighted by Gasteiger charge is 2.40. The first-order valence-corrected chi connectivity index (χ1v) is 12.9.